The van der Waals surface area contributed by atoms with Gasteiger partial charge in [0.2, 0.25) is 5.76 Å². The van der Waals surface area contributed by atoms with Crippen molar-refractivity contribution in [1.29, 1.82) is 0 Å². The Labute approximate surface area is 91.8 Å². The Balaban J connectivity index is 5.30. The van der Waals surface area contributed by atoms with Gasteiger partial charge in [-0.25, -0.2) is 14.4 Å². The third kappa shape index (κ3) is 3.95. The zero-order chi connectivity index (χ0) is 12.7. The van der Waals surface area contributed by atoms with E-state index in [2.05, 4.69) is 11.3 Å². The van der Waals surface area contributed by atoms with E-state index in [0.717, 1.165) is 6.08 Å². The zero-order valence-electron chi connectivity index (χ0n) is 8.73. The van der Waals surface area contributed by atoms with Crippen molar-refractivity contribution in [2.24, 2.45) is 0 Å². The summed E-state index contributed by atoms with van der Waals surface area (Å²) in [5.41, 5.74) is -0.440. The molecule has 0 fully saturated rings. The monoisotopic (exact) mass is 228 g/mol. The van der Waals surface area contributed by atoms with E-state index in [1.165, 1.54) is 0 Å². The van der Waals surface area contributed by atoms with Crippen LogP contribution < -0.4 is 0 Å². The SMILES string of the molecule is C=CC(=O)O/C(C(=O)O)=C(\CCC)C(=O)O. The van der Waals surface area contributed by atoms with Crippen molar-refractivity contribution in [2.45, 2.75) is 19.8 Å². The van der Waals surface area contributed by atoms with Crippen LogP contribution in [0.15, 0.2) is 24.0 Å². The molecule has 0 aromatic carbocycles. The molecule has 88 valence electrons. The predicted molar refractivity (Wildman–Crippen MR) is 53.5 cm³/mol. The van der Waals surface area contributed by atoms with Gasteiger partial charge < -0.3 is 14.9 Å². The average Bonchev–Trinajstić information content (AvgIpc) is 2.22. The Morgan fingerprint density at radius 1 is 1.25 bits per heavy atom. The quantitative estimate of drug-likeness (QED) is 0.398. The number of hydrogen-bond donors (Lipinski definition) is 2. The third-order valence-corrected chi connectivity index (χ3v) is 1.60. The van der Waals surface area contributed by atoms with E-state index < -0.39 is 29.2 Å². The van der Waals surface area contributed by atoms with E-state index >= 15 is 0 Å². The summed E-state index contributed by atoms with van der Waals surface area (Å²) in [5.74, 6) is -4.89. The lowest BCUT2D eigenvalue weighted by Gasteiger charge is -2.06. The van der Waals surface area contributed by atoms with Crippen molar-refractivity contribution < 1.29 is 29.3 Å². The number of carbonyl (C=O) groups excluding carboxylic acids is 1. The highest BCUT2D eigenvalue weighted by atomic mass is 16.6. The highest BCUT2D eigenvalue weighted by molar-refractivity contribution is 5.99. The van der Waals surface area contributed by atoms with Crippen molar-refractivity contribution in [1.82, 2.24) is 0 Å². The molecule has 0 radical (unpaired) electrons. The van der Waals surface area contributed by atoms with E-state index in [1.807, 2.05) is 0 Å². The minimum atomic E-state index is -1.60. The summed E-state index contributed by atoms with van der Waals surface area (Å²) in [6.07, 6.45) is 1.18. The molecule has 0 rings (SSSR count). The summed E-state index contributed by atoms with van der Waals surface area (Å²) in [4.78, 5) is 32.3. The van der Waals surface area contributed by atoms with Gasteiger partial charge in [-0.15, -0.1) is 0 Å². The molecule has 6 heteroatoms. The molecule has 0 aromatic rings. The lowest BCUT2D eigenvalue weighted by Crippen LogP contribution is -2.16. The first kappa shape index (κ1) is 13.9. The third-order valence-electron chi connectivity index (χ3n) is 1.60. The number of rotatable bonds is 6. The maximum Gasteiger partial charge on any atom is 0.372 e. The Morgan fingerprint density at radius 3 is 2.12 bits per heavy atom. The number of ether oxygens (including phenoxy) is 1. The van der Waals surface area contributed by atoms with Crippen LogP contribution >= 0.6 is 0 Å². The van der Waals surface area contributed by atoms with E-state index in [1.54, 1.807) is 6.92 Å². The van der Waals surface area contributed by atoms with Crippen LogP contribution in [0.5, 0.6) is 0 Å². The molecule has 0 bridgehead atoms. The largest absolute Gasteiger partial charge is 0.478 e. The standard InChI is InChI=1S/C10H12O6/c1-3-5-6(9(12)13)8(10(14)15)16-7(11)4-2/h4H,2-3,5H2,1H3,(H,12,13)(H,14,15)/b8-6+. The van der Waals surface area contributed by atoms with Crippen molar-refractivity contribution in [3.05, 3.63) is 24.0 Å². The second kappa shape index (κ2) is 6.39. The Hall–Kier alpha value is -2.11. The van der Waals surface area contributed by atoms with Gasteiger partial charge in [-0.05, 0) is 6.42 Å². The summed E-state index contributed by atoms with van der Waals surface area (Å²) in [5, 5.41) is 17.5. The van der Waals surface area contributed by atoms with Gasteiger partial charge >= 0.3 is 17.9 Å². The Bertz CT molecular complexity index is 352. The first-order chi connectivity index (χ1) is 7.43. The Kier molecular flexibility index (Phi) is 5.55. The molecule has 0 aliphatic heterocycles. The zero-order valence-corrected chi connectivity index (χ0v) is 8.73. The lowest BCUT2D eigenvalue weighted by molar-refractivity contribution is -0.146. The first-order valence-electron chi connectivity index (χ1n) is 4.48. The normalized spacial score (nSPS) is 11.3. The van der Waals surface area contributed by atoms with Gasteiger partial charge in [0.1, 0.15) is 0 Å². The molecule has 0 atom stereocenters. The van der Waals surface area contributed by atoms with E-state index in [0.29, 0.717) is 6.42 Å². The van der Waals surface area contributed by atoms with E-state index in [-0.39, 0.29) is 6.42 Å². The van der Waals surface area contributed by atoms with Crippen molar-refractivity contribution >= 4 is 17.9 Å². The number of carboxylic acid groups (broad SMARTS) is 2. The van der Waals surface area contributed by atoms with Gasteiger partial charge in [0.15, 0.2) is 0 Å². The molecule has 6 nitrogen and oxygen atoms in total. The molecule has 0 saturated heterocycles. The van der Waals surface area contributed by atoms with E-state index in [9.17, 15) is 14.4 Å². The second-order valence-electron chi connectivity index (χ2n) is 2.79. The minimum absolute atomic E-state index is 0.00138. The second-order valence-corrected chi connectivity index (χ2v) is 2.79. The fraction of sp³-hybridized carbons (Fsp3) is 0.300. The average molecular weight is 228 g/mol. The smallest absolute Gasteiger partial charge is 0.372 e. The lowest BCUT2D eigenvalue weighted by atomic mass is 10.1. The molecule has 0 amide bonds. The van der Waals surface area contributed by atoms with Crippen LogP contribution in [0.3, 0.4) is 0 Å². The fourth-order valence-corrected chi connectivity index (χ4v) is 0.944. The molecule has 0 aliphatic rings. The van der Waals surface area contributed by atoms with Crippen LogP contribution in [-0.4, -0.2) is 28.1 Å². The van der Waals surface area contributed by atoms with Crippen LogP contribution in [0.4, 0.5) is 0 Å². The molecular formula is C10H12O6. The van der Waals surface area contributed by atoms with Crippen molar-refractivity contribution in [3.63, 3.8) is 0 Å². The first-order valence-corrected chi connectivity index (χ1v) is 4.48. The molecular weight excluding hydrogens is 216 g/mol. The van der Waals surface area contributed by atoms with Crippen LogP contribution in [0, 0.1) is 0 Å². The van der Waals surface area contributed by atoms with Gasteiger partial charge in [0, 0.05) is 6.08 Å². The van der Waals surface area contributed by atoms with E-state index in [4.69, 9.17) is 10.2 Å². The number of esters is 1. The van der Waals surface area contributed by atoms with Crippen molar-refractivity contribution in [3.8, 4) is 0 Å². The molecule has 2 N–H and O–H groups in total. The van der Waals surface area contributed by atoms with Crippen LogP contribution in [0.2, 0.25) is 0 Å². The highest BCUT2D eigenvalue weighted by Gasteiger charge is 2.23. The number of carbonyl (C=O) groups is 3. The summed E-state index contributed by atoms with van der Waals surface area (Å²) in [7, 11) is 0. The fourth-order valence-electron chi connectivity index (χ4n) is 0.944. The highest BCUT2D eigenvalue weighted by Crippen LogP contribution is 2.14. The maximum atomic E-state index is 10.8. The topological polar surface area (TPSA) is 101 Å². The number of aliphatic carboxylic acids is 2. The molecule has 16 heavy (non-hydrogen) atoms. The van der Waals surface area contributed by atoms with Gasteiger partial charge in [0.05, 0.1) is 5.57 Å². The molecule has 0 spiro atoms. The number of carboxylic acids is 2. The van der Waals surface area contributed by atoms with Gasteiger partial charge in [-0.3, -0.25) is 0 Å². The summed E-state index contributed by atoms with van der Waals surface area (Å²) >= 11 is 0. The minimum Gasteiger partial charge on any atom is -0.478 e. The van der Waals surface area contributed by atoms with Crippen LogP contribution in [-0.2, 0) is 19.1 Å². The Morgan fingerprint density at radius 2 is 1.81 bits per heavy atom. The van der Waals surface area contributed by atoms with Crippen molar-refractivity contribution in [2.75, 3.05) is 0 Å². The predicted octanol–water partition coefficient (Wildman–Crippen LogP) is 0.939. The summed E-state index contributed by atoms with van der Waals surface area (Å²) < 4.78 is 4.38. The molecule has 0 aliphatic carbocycles. The molecule has 0 unspecified atom stereocenters. The van der Waals surface area contributed by atoms with Gasteiger partial charge in [0.25, 0.3) is 0 Å². The molecule has 0 heterocycles. The summed E-state index contributed by atoms with van der Waals surface area (Å²) in [6, 6.07) is 0. The van der Waals surface area contributed by atoms with Crippen LogP contribution in [0.1, 0.15) is 19.8 Å². The number of hydrogen-bond acceptors (Lipinski definition) is 4. The van der Waals surface area contributed by atoms with Gasteiger partial charge in [-0.1, -0.05) is 19.9 Å². The summed E-state index contributed by atoms with van der Waals surface area (Å²) in [6.45, 7) is 4.76. The molecule has 0 aromatic heterocycles. The van der Waals surface area contributed by atoms with Crippen LogP contribution in [0.25, 0.3) is 0 Å². The maximum absolute atomic E-state index is 10.8. The van der Waals surface area contributed by atoms with Gasteiger partial charge in [-0.2, -0.15) is 0 Å². The molecule has 0 saturated carbocycles.